The monoisotopic (exact) mass is 262 g/mol. The Balaban J connectivity index is 2.00. The molecule has 0 saturated carbocycles. The summed E-state index contributed by atoms with van der Waals surface area (Å²) in [5.74, 6) is 1.95. The minimum absolute atomic E-state index is 0.207. The maximum atomic E-state index is 5.20. The van der Waals surface area contributed by atoms with Crippen LogP contribution in [-0.4, -0.2) is 14.7 Å². The van der Waals surface area contributed by atoms with Gasteiger partial charge < -0.3 is 14.4 Å². The van der Waals surface area contributed by atoms with Gasteiger partial charge in [0.05, 0.1) is 12.2 Å². The number of aryl methyl sites for hydroxylation is 3. The molecule has 0 aliphatic carbocycles. The van der Waals surface area contributed by atoms with E-state index >= 15 is 0 Å². The third-order valence-electron chi connectivity index (χ3n) is 3.35. The Morgan fingerprint density at radius 2 is 2.21 bits per heavy atom. The van der Waals surface area contributed by atoms with Crippen LogP contribution in [0.1, 0.15) is 49.2 Å². The van der Waals surface area contributed by atoms with Crippen molar-refractivity contribution in [2.24, 2.45) is 0 Å². The molecule has 2 aromatic heterocycles. The topological polar surface area (TPSA) is 55.9 Å². The van der Waals surface area contributed by atoms with E-state index in [-0.39, 0.29) is 6.04 Å². The Morgan fingerprint density at radius 1 is 1.42 bits per heavy atom. The van der Waals surface area contributed by atoms with Crippen LogP contribution in [0.15, 0.2) is 16.9 Å². The van der Waals surface area contributed by atoms with Crippen LogP contribution in [0, 0.1) is 13.8 Å². The first-order valence-corrected chi connectivity index (χ1v) is 6.79. The van der Waals surface area contributed by atoms with Gasteiger partial charge in [0.25, 0.3) is 0 Å². The van der Waals surface area contributed by atoms with Gasteiger partial charge in [0.2, 0.25) is 0 Å². The highest BCUT2D eigenvalue weighted by molar-refractivity contribution is 5.24. The fraction of sp³-hybridized carbons (Fsp3) is 0.571. The van der Waals surface area contributed by atoms with Crippen LogP contribution in [0.5, 0.6) is 0 Å². The summed E-state index contributed by atoms with van der Waals surface area (Å²) in [6, 6.07) is 0.207. The molecule has 5 heteroatoms. The fourth-order valence-electron chi connectivity index (χ4n) is 2.41. The zero-order valence-corrected chi connectivity index (χ0v) is 12.1. The molecule has 0 spiro atoms. The van der Waals surface area contributed by atoms with Gasteiger partial charge in [-0.3, -0.25) is 0 Å². The summed E-state index contributed by atoms with van der Waals surface area (Å²) in [4.78, 5) is 4.39. The van der Waals surface area contributed by atoms with Crippen LogP contribution < -0.4 is 5.32 Å². The summed E-state index contributed by atoms with van der Waals surface area (Å²) >= 11 is 0. The molecule has 0 aromatic carbocycles. The second-order valence-electron chi connectivity index (χ2n) is 4.88. The number of nitrogens with one attached hydrogen (secondary N) is 1. The molecule has 0 aliphatic heterocycles. The zero-order valence-electron chi connectivity index (χ0n) is 12.1. The van der Waals surface area contributed by atoms with Gasteiger partial charge in [0.15, 0.2) is 0 Å². The lowest BCUT2D eigenvalue weighted by Crippen LogP contribution is -2.21. The lowest BCUT2D eigenvalue weighted by molar-refractivity contribution is 0.390. The van der Waals surface area contributed by atoms with Crippen molar-refractivity contribution >= 4 is 0 Å². The van der Waals surface area contributed by atoms with Gasteiger partial charge in [-0.2, -0.15) is 0 Å². The maximum absolute atomic E-state index is 5.20. The smallest absolute Gasteiger partial charge is 0.138 e. The van der Waals surface area contributed by atoms with E-state index in [2.05, 4.69) is 33.9 Å². The van der Waals surface area contributed by atoms with Crippen molar-refractivity contribution in [1.82, 2.24) is 20.0 Å². The molecular formula is C14H22N4O. The zero-order chi connectivity index (χ0) is 13.8. The van der Waals surface area contributed by atoms with Crippen molar-refractivity contribution in [3.8, 4) is 0 Å². The molecule has 104 valence electrons. The highest BCUT2D eigenvalue weighted by atomic mass is 16.5. The third kappa shape index (κ3) is 3.04. The Morgan fingerprint density at radius 3 is 2.84 bits per heavy atom. The molecule has 0 fully saturated rings. The SMILES string of the molecule is CCCn1ccnc1CNC(C)c1c(C)noc1C. The number of hydrogen-bond acceptors (Lipinski definition) is 4. The minimum atomic E-state index is 0.207. The Labute approximate surface area is 114 Å². The molecule has 1 N–H and O–H groups in total. The molecule has 0 amide bonds. The van der Waals surface area contributed by atoms with Crippen LogP contribution in [0.4, 0.5) is 0 Å². The molecule has 1 unspecified atom stereocenters. The molecule has 0 bridgehead atoms. The maximum Gasteiger partial charge on any atom is 0.138 e. The van der Waals surface area contributed by atoms with Gasteiger partial charge >= 0.3 is 0 Å². The molecule has 2 rings (SSSR count). The number of nitrogens with zero attached hydrogens (tertiary/aromatic N) is 3. The Hall–Kier alpha value is -1.62. The van der Waals surface area contributed by atoms with E-state index in [1.54, 1.807) is 0 Å². The molecule has 2 aromatic rings. The van der Waals surface area contributed by atoms with Gasteiger partial charge in [-0.25, -0.2) is 4.98 Å². The molecular weight excluding hydrogens is 240 g/mol. The summed E-state index contributed by atoms with van der Waals surface area (Å²) in [5, 5.41) is 7.48. The lowest BCUT2D eigenvalue weighted by atomic mass is 10.1. The van der Waals surface area contributed by atoms with E-state index in [0.29, 0.717) is 0 Å². The van der Waals surface area contributed by atoms with Gasteiger partial charge in [0, 0.05) is 30.5 Å². The van der Waals surface area contributed by atoms with Crippen molar-refractivity contribution in [1.29, 1.82) is 0 Å². The summed E-state index contributed by atoms with van der Waals surface area (Å²) in [6.45, 7) is 9.98. The number of rotatable bonds is 6. The average molecular weight is 262 g/mol. The van der Waals surface area contributed by atoms with Gasteiger partial charge in [-0.15, -0.1) is 0 Å². The third-order valence-corrected chi connectivity index (χ3v) is 3.35. The average Bonchev–Trinajstić information content (AvgIpc) is 2.94. The van der Waals surface area contributed by atoms with Crippen molar-refractivity contribution < 1.29 is 4.52 Å². The second-order valence-corrected chi connectivity index (χ2v) is 4.88. The minimum Gasteiger partial charge on any atom is -0.361 e. The van der Waals surface area contributed by atoms with Crippen LogP contribution in [0.2, 0.25) is 0 Å². The first-order chi connectivity index (χ1) is 9.13. The van der Waals surface area contributed by atoms with Crippen molar-refractivity contribution in [2.45, 2.75) is 53.2 Å². The molecule has 0 radical (unpaired) electrons. The van der Waals surface area contributed by atoms with E-state index in [4.69, 9.17) is 4.52 Å². The first-order valence-electron chi connectivity index (χ1n) is 6.79. The molecule has 0 saturated heterocycles. The van der Waals surface area contributed by atoms with Crippen molar-refractivity contribution in [2.75, 3.05) is 0 Å². The van der Waals surface area contributed by atoms with Crippen LogP contribution >= 0.6 is 0 Å². The highest BCUT2D eigenvalue weighted by Gasteiger charge is 2.16. The first kappa shape index (κ1) is 13.8. The van der Waals surface area contributed by atoms with Crippen LogP contribution in [0.3, 0.4) is 0 Å². The van der Waals surface area contributed by atoms with E-state index in [0.717, 1.165) is 42.4 Å². The van der Waals surface area contributed by atoms with E-state index < -0.39 is 0 Å². The Kier molecular flexibility index (Phi) is 4.37. The second kappa shape index (κ2) is 6.02. The standard InChI is InChI=1S/C14H22N4O/c1-5-7-18-8-6-15-13(18)9-16-10(2)14-11(3)17-19-12(14)4/h6,8,10,16H,5,7,9H2,1-4H3. The lowest BCUT2D eigenvalue weighted by Gasteiger charge is -2.14. The predicted octanol–water partition coefficient (Wildman–Crippen LogP) is 2.75. The van der Waals surface area contributed by atoms with Gasteiger partial charge in [0.1, 0.15) is 11.6 Å². The summed E-state index contributed by atoms with van der Waals surface area (Å²) in [6.07, 6.45) is 5.00. The van der Waals surface area contributed by atoms with E-state index in [1.807, 2.05) is 26.2 Å². The predicted molar refractivity (Wildman–Crippen MR) is 73.7 cm³/mol. The molecule has 0 aliphatic rings. The van der Waals surface area contributed by atoms with E-state index in [1.165, 1.54) is 0 Å². The van der Waals surface area contributed by atoms with Crippen LogP contribution in [0.25, 0.3) is 0 Å². The fourth-order valence-corrected chi connectivity index (χ4v) is 2.41. The highest BCUT2D eigenvalue weighted by Crippen LogP contribution is 2.21. The summed E-state index contributed by atoms with van der Waals surface area (Å²) in [7, 11) is 0. The van der Waals surface area contributed by atoms with Crippen LogP contribution in [-0.2, 0) is 13.1 Å². The van der Waals surface area contributed by atoms with Crippen molar-refractivity contribution in [3.05, 3.63) is 35.2 Å². The molecule has 2 heterocycles. The number of aromatic nitrogens is 3. The molecule has 19 heavy (non-hydrogen) atoms. The molecule has 5 nitrogen and oxygen atoms in total. The van der Waals surface area contributed by atoms with Crippen molar-refractivity contribution in [3.63, 3.8) is 0 Å². The van der Waals surface area contributed by atoms with Gasteiger partial charge in [-0.1, -0.05) is 12.1 Å². The number of hydrogen-bond donors (Lipinski definition) is 1. The normalized spacial score (nSPS) is 12.8. The Bertz CT molecular complexity index is 510. The van der Waals surface area contributed by atoms with Gasteiger partial charge in [-0.05, 0) is 27.2 Å². The summed E-state index contributed by atoms with van der Waals surface area (Å²) in [5.41, 5.74) is 2.10. The quantitative estimate of drug-likeness (QED) is 0.869. The van der Waals surface area contributed by atoms with E-state index in [9.17, 15) is 0 Å². The molecule has 1 atom stereocenters. The largest absolute Gasteiger partial charge is 0.361 e. The summed E-state index contributed by atoms with van der Waals surface area (Å²) < 4.78 is 7.39. The number of imidazole rings is 1.